The number of anilines is 1. The third-order valence-electron chi connectivity index (χ3n) is 3.68. The van der Waals surface area contributed by atoms with E-state index in [1.807, 2.05) is 31.2 Å². The number of benzene rings is 2. The van der Waals surface area contributed by atoms with E-state index in [2.05, 4.69) is 15.6 Å². The lowest BCUT2D eigenvalue weighted by atomic mass is 10.1. The van der Waals surface area contributed by atoms with Gasteiger partial charge in [-0.15, -0.1) is 0 Å². The lowest BCUT2D eigenvalue weighted by Crippen LogP contribution is -2.30. The predicted molar refractivity (Wildman–Crippen MR) is 101 cm³/mol. The molecule has 1 aromatic heterocycles. The molecule has 0 bridgehead atoms. The third kappa shape index (κ3) is 4.57. The minimum atomic E-state index is -0.796. The van der Waals surface area contributed by atoms with Gasteiger partial charge >= 0.3 is 0 Å². The number of hydrogen-bond donors (Lipinski definition) is 1. The second-order valence-electron chi connectivity index (χ2n) is 5.60. The molecule has 0 aliphatic carbocycles. The van der Waals surface area contributed by atoms with Crippen molar-refractivity contribution in [3.63, 3.8) is 0 Å². The molecular formula is C19H18ClN3O4. The lowest BCUT2D eigenvalue weighted by molar-refractivity contribution is -0.122. The minimum absolute atomic E-state index is 0.207. The second kappa shape index (κ2) is 8.55. The normalized spacial score (nSPS) is 11.7. The molecule has 0 radical (unpaired) electrons. The van der Waals surface area contributed by atoms with E-state index in [0.29, 0.717) is 23.1 Å². The zero-order valence-corrected chi connectivity index (χ0v) is 15.6. The number of ether oxygens (including phenoxy) is 2. The van der Waals surface area contributed by atoms with Crippen LogP contribution in [-0.2, 0) is 4.79 Å². The maximum atomic E-state index is 12.4. The number of hydrogen-bond acceptors (Lipinski definition) is 6. The number of para-hydroxylation sites is 1. The van der Waals surface area contributed by atoms with E-state index in [4.69, 9.17) is 25.7 Å². The van der Waals surface area contributed by atoms with Crippen molar-refractivity contribution in [1.29, 1.82) is 0 Å². The van der Waals surface area contributed by atoms with Gasteiger partial charge in [0.15, 0.2) is 11.8 Å². The average molecular weight is 388 g/mol. The fraction of sp³-hybridized carbons (Fsp3) is 0.211. The Kier molecular flexibility index (Phi) is 5.93. The zero-order chi connectivity index (χ0) is 19.2. The first-order chi connectivity index (χ1) is 13.1. The number of carbonyl (C=O) groups excluding carboxylic acids is 1. The quantitative estimate of drug-likeness (QED) is 0.654. The van der Waals surface area contributed by atoms with E-state index in [1.165, 1.54) is 0 Å². The van der Waals surface area contributed by atoms with Crippen molar-refractivity contribution >= 4 is 23.3 Å². The van der Waals surface area contributed by atoms with Crippen molar-refractivity contribution in [3.05, 3.63) is 53.6 Å². The summed E-state index contributed by atoms with van der Waals surface area (Å²) >= 11 is 6.05. The Hall–Kier alpha value is -3.06. The summed E-state index contributed by atoms with van der Waals surface area (Å²) in [5, 5.41) is 10.7. The van der Waals surface area contributed by atoms with Crippen molar-refractivity contribution < 1.29 is 18.9 Å². The number of amides is 1. The molecule has 1 atom stereocenters. The summed E-state index contributed by atoms with van der Waals surface area (Å²) in [6.07, 6.45) is -0.796. The molecule has 2 aromatic carbocycles. The zero-order valence-electron chi connectivity index (χ0n) is 14.8. The molecule has 0 spiro atoms. The largest absolute Gasteiger partial charge is 0.494 e. The van der Waals surface area contributed by atoms with E-state index in [1.54, 1.807) is 31.2 Å². The number of aromatic nitrogens is 2. The Morgan fingerprint density at radius 1 is 1.19 bits per heavy atom. The van der Waals surface area contributed by atoms with Crippen LogP contribution in [0.2, 0.25) is 5.02 Å². The topological polar surface area (TPSA) is 86.5 Å². The van der Waals surface area contributed by atoms with Gasteiger partial charge in [0.25, 0.3) is 5.91 Å². The van der Waals surface area contributed by atoms with Gasteiger partial charge < -0.3 is 14.8 Å². The fourth-order valence-electron chi connectivity index (χ4n) is 2.34. The molecule has 3 aromatic rings. The average Bonchev–Trinajstić information content (AvgIpc) is 3.12. The molecule has 0 aliphatic heterocycles. The fourth-order valence-corrected chi connectivity index (χ4v) is 2.52. The first-order valence-corrected chi connectivity index (χ1v) is 8.74. The molecule has 1 N–H and O–H groups in total. The van der Waals surface area contributed by atoms with Crippen LogP contribution in [0.5, 0.6) is 11.5 Å². The molecule has 0 saturated carbocycles. The van der Waals surface area contributed by atoms with Gasteiger partial charge in [0.05, 0.1) is 11.6 Å². The van der Waals surface area contributed by atoms with Gasteiger partial charge in [-0.1, -0.05) is 23.7 Å². The molecule has 0 unspecified atom stereocenters. The van der Waals surface area contributed by atoms with Crippen LogP contribution < -0.4 is 14.8 Å². The molecule has 0 aliphatic rings. The van der Waals surface area contributed by atoms with Gasteiger partial charge in [-0.25, -0.2) is 4.63 Å². The molecule has 27 heavy (non-hydrogen) atoms. The maximum absolute atomic E-state index is 12.4. The molecule has 1 heterocycles. The van der Waals surface area contributed by atoms with E-state index in [9.17, 15) is 4.79 Å². The standard InChI is InChI=1S/C19H18ClN3O4/c1-3-25-14-10-8-13(9-11-14)17-18(23-27-22-17)21-19(24)12(2)26-16-7-5-4-6-15(16)20/h4-12H,3H2,1-2H3,(H,21,23,24)/t12-/m1/s1. The summed E-state index contributed by atoms with van der Waals surface area (Å²) in [6, 6.07) is 14.2. The Bertz CT molecular complexity index is 911. The summed E-state index contributed by atoms with van der Waals surface area (Å²) in [5.41, 5.74) is 1.14. The van der Waals surface area contributed by atoms with Crippen LogP contribution in [0.15, 0.2) is 53.2 Å². The van der Waals surface area contributed by atoms with Crippen molar-refractivity contribution in [3.8, 4) is 22.8 Å². The van der Waals surface area contributed by atoms with Gasteiger partial charge in [-0.2, -0.15) is 0 Å². The summed E-state index contributed by atoms with van der Waals surface area (Å²) < 4.78 is 15.8. The summed E-state index contributed by atoms with van der Waals surface area (Å²) in [4.78, 5) is 12.4. The van der Waals surface area contributed by atoms with Gasteiger partial charge in [0, 0.05) is 5.56 Å². The molecule has 140 valence electrons. The summed E-state index contributed by atoms with van der Waals surface area (Å²) in [7, 11) is 0. The summed E-state index contributed by atoms with van der Waals surface area (Å²) in [6.45, 7) is 4.10. The van der Waals surface area contributed by atoms with Crippen molar-refractivity contribution in [2.75, 3.05) is 11.9 Å². The molecule has 0 saturated heterocycles. The van der Waals surface area contributed by atoms with Crippen LogP contribution >= 0.6 is 11.6 Å². The highest BCUT2D eigenvalue weighted by molar-refractivity contribution is 6.32. The number of rotatable bonds is 7. The molecule has 8 heteroatoms. The highest BCUT2D eigenvalue weighted by atomic mass is 35.5. The maximum Gasteiger partial charge on any atom is 0.266 e. The van der Waals surface area contributed by atoms with Crippen LogP contribution in [0.4, 0.5) is 5.82 Å². The predicted octanol–water partition coefficient (Wildman–Crippen LogP) is 4.19. The van der Waals surface area contributed by atoms with Crippen LogP contribution in [-0.4, -0.2) is 28.9 Å². The first kappa shape index (κ1) is 18.7. The van der Waals surface area contributed by atoms with Crippen LogP contribution in [0.3, 0.4) is 0 Å². The lowest BCUT2D eigenvalue weighted by Gasteiger charge is -2.14. The number of halogens is 1. The molecule has 3 rings (SSSR count). The monoisotopic (exact) mass is 387 g/mol. The highest BCUT2D eigenvalue weighted by Gasteiger charge is 2.21. The van der Waals surface area contributed by atoms with Gasteiger partial charge in [-0.05, 0) is 60.6 Å². The van der Waals surface area contributed by atoms with Crippen LogP contribution in [0.25, 0.3) is 11.3 Å². The van der Waals surface area contributed by atoms with E-state index >= 15 is 0 Å². The van der Waals surface area contributed by atoms with Crippen molar-refractivity contribution in [2.24, 2.45) is 0 Å². The molecular weight excluding hydrogens is 370 g/mol. The minimum Gasteiger partial charge on any atom is -0.494 e. The third-order valence-corrected chi connectivity index (χ3v) is 3.99. The van der Waals surface area contributed by atoms with E-state index in [-0.39, 0.29) is 5.82 Å². The molecule has 7 nitrogen and oxygen atoms in total. The molecule has 0 fully saturated rings. The van der Waals surface area contributed by atoms with Crippen molar-refractivity contribution in [1.82, 2.24) is 10.3 Å². The van der Waals surface area contributed by atoms with Gasteiger partial charge in [0.1, 0.15) is 11.5 Å². The van der Waals surface area contributed by atoms with Gasteiger partial charge in [-0.3, -0.25) is 4.79 Å². The molecule has 1 amide bonds. The number of nitrogens with one attached hydrogen (secondary N) is 1. The summed E-state index contributed by atoms with van der Waals surface area (Å²) in [5.74, 6) is 0.966. The smallest absolute Gasteiger partial charge is 0.266 e. The number of carbonyl (C=O) groups is 1. The number of nitrogens with zero attached hydrogens (tertiary/aromatic N) is 2. The highest BCUT2D eigenvalue weighted by Crippen LogP contribution is 2.27. The Labute approximate surface area is 161 Å². The Morgan fingerprint density at radius 3 is 2.63 bits per heavy atom. The SMILES string of the molecule is CCOc1ccc(-c2nonc2NC(=O)[C@@H](C)Oc2ccccc2Cl)cc1. The van der Waals surface area contributed by atoms with E-state index < -0.39 is 12.0 Å². The van der Waals surface area contributed by atoms with E-state index in [0.717, 1.165) is 11.3 Å². The Balaban J connectivity index is 1.70. The van der Waals surface area contributed by atoms with Crippen LogP contribution in [0.1, 0.15) is 13.8 Å². The van der Waals surface area contributed by atoms with Gasteiger partial charge in [0.2, 0.25) is 5.82 Å². The van der Waals surface area contributed by atoms with Crippen LogP contribution in [0, 0.1) is 0 Å². The van der Waals surface area contributed by atoms with Crippen molar-refractivity contribution in [2.45, 2.75) is 20.0 Å². The first-order valence-electron chi connectivity index (χ1n) is 8.36. The Morgan fingerprint density at radius 2 is 1.93 bits per heavy atom. The second-order valence-corrected chi connectivity index (χ2v) is 6.01.